The van der Waals surface area contributed by atoms with E-state index in [9.17, 15) is 0 Å². The number of piperidine rings is 2. The number of nitrogens with one attached hydrogen (secondary N) is 1. The molecule has 2 atom stereocenters. The van der Waals surface area contributed by atoms with Crippen molar-refractivity contribution in [3.63, 3.8) is 0 Å². The van der Waals surface area contributed by atoms with Gasteiger partial charge < -0.3 is 5.32 Å². The molecule has 2 aliphatic heterocycles. The fraction of sp³-hybridized carbons (Fsp3) is 0.812. The van der Waals surface area contributed by atoms with E-state index in [-0.39, 0.29) is 0 Å². The first-order chi connectivity index (χ1) is 9.78. The molecular weight excluding hydrogens is 248 g/mol. The molecule has 3 rings (SSSR count). The van der Waals surface area contributed by atoms with Gasteiger partial charge in [0, 0.05) is 37.9 Å². The summed E-state index contributed by atoms with van der Waals surface area (Å²) in [6, 6.07) is 4.45. The van der Waals surface area contributed by atoms with Crippen molar-refractivity contribution < 1.29 is 0 Å². The summed E-state index contributed by atoms with van der Waals surface area (Å²) in [5.41, 5.74) is 1.35. The molecule has 0 aromatic carbocycles. The molecule has 2 aliphatic rings. The predicted octanol–water partition coefficient (Wildman–Crippen LogP) is 2.31. The molecule has 2 unspecified atom stereocenters. The molecule has 4 nitrogen and oxygen atoms in total. The van der Waals surface area contributed by atoms with E-state index in [2.05, 4.69) is 35.4 Å². The Balaban J connectivity index is 1.65. The van der Waals surface area contributed by atoms with Crippen LogP contribution >= 0.6 is 0 Å². The molecule has 112 valence electrons. The summed E-state index contributed by atoms with van der Waals surface area (Å²) < 4.78 is 2.02. The third-order valence-electron chi connectivity index (χ3n) is 5.08. The van der Waals surface area contributed by atoms with Gasteiger partial charge in [-0.3, -0.25) is 9.58 Å². The lowest BCUT2D eigenvalue weighted by Gasteiger charge is -2.49. The molecule has 2 bridgehead atoms. The van der Waals surface area contributed by atoms with Crippen LogP contribution in [0.4, 0.5) is 0 Å². The largest absolute Gasteiger partial charge is 0.314 e. The van der Waals surface area contributed by atoms with Crippen LogP contribution in [0.1, 0.15) is 51.1 Å². The number of nitrogens with zero attached hydrogens (tertiary/aromatic N) is 3. The number of fused-ring (bicyclic) bond motifs is 2. The molecule has 1 aromatic heterocycles. The molecule has 0 radical (unpaired) electrons. The highest BCUT2D eigenvalue weighted by atomic mass is 15.3. The Morgan fingerprint density at radius 1 is 1.30 bits per heavy atom. The summed E-state index contributed by atoms with van der Waals surface area (Å²) in [4.78, 5) is 2.75. The minimum Gasteiger partial charge on any atom is -0.314 e. The van der Waals surface area contributed by atoms with Crippen molar-refractivity contribution in [2.75, 3.05) is 6.54 Å². The van der Waals surface area contributed by atoms with Crippen molar-refractivity contribution in [3.05, 3.63) is 18.0 Å². The molecule has 0 aliphatic carbocycles. The van der Waals surface area contributed by atoms with Crippen molar-refractivity contribution in [2.24, 2.45) is 7.05 Å². The summed E-state index contributed by atoms with van der Waals surface area (Å²) in [6.07, 6.45) is 9.98. The number of aromatic nitrogens is 2. The van der Waals surface area contributed by atoms with Crippen molar-refractivity contribution >= 4 is 0 Å². The van der Waals surface area contributed by atoms with Crippen molar-refractivity contribution in [1.29, 1.82) is 0 Å². The van der Waals surface area contributed by atoms with Crippen LogP contribution in [-0.4, -0.2) is 39.4 Å². The maximum atomic E-state index is 4.31. The van der Waals surface area contributed by atoms with E-state index < -0.39 is 0 Å². The molecule has 1 aromatic rings. The van der Waals surface area contributed by atoms with Gasteiger partial charge in [0.25, 0.3) is 0 Å². The topological polar surface area (TPSA) is 33.1 Å². The van der Waals surface area contributed by atoms with Gasteiger partial charge in [-0.2, -0.15) is 5.10 Å². The van der Waals surface area contributed by atoms with Gasteiger partial charge in [0.05, 0.1) is 5.69 Å². The first-order valence-electron chi connectivity index (χ1n) is 8.24. The summed E-state index contributed by atoms with van der Waals surface area (Å²) in [5, 5.41) is 8.06. The Morgan fingerprint density at radius 2 is 2.05 bits per heavy atom. The lowest BCUT2D eigenvalue weighted by molar-refractivity contribution is 0.0160. The van der Waals surface area contributed by atoms with Crippen LogP contribution < -0.4 is 5.32 Å². The lowest BCUT2D eigenvalue weighted by atomic mass is 9.81. The van der Waals surface area contributed by atoms with Crippen molar-refractivity contribution in [1.82, 2.24) is 20.0 Å². The maximum Gasteiger partial charge on any atom is 0.0521 e. The second-order valence-electron chi connectivity index (χ2n) is 6.48. The SMILES string of the molecule is CCCNC1CC2CCCC(C1)N2Cc1ccnn1C. The molecule has 0 amide bonds. The predicted molar refractivity (Wildman–Crippen MR) is 81.5 cm³/mol. The van der Waals surface area contributed by atoms with Crippen LogP contribution in [0.3, 0.4) is 0 Å². The smallest absolute Gasteiger partial charge is 0.0521 e. The zero-order chi connectivity index (χ0) is 13.9. The van der Waals surface area contributed by atoms with Gasteiger partial charge in [0.2, 0.25) is 0 Å². The Labute approximate surface area is 122 Å². The molecule has 2 saturated heterocycles. The van der Waals surface area contributed by atoms with Gasteiger partial charge >= 0.3 is 0 Å². The highest BCUT2D eigenvalue weighted by Crippen LogP contribution is 2.35. The van der Waals surface area contributed by atoms with Gasteiger partial charge in [-0.25, -0.2) is 0 Å². The number of hydrogen-bond donors (Lipinski definition) is 1. The normalized spacial score (nSPS) is 30.6. The quantitative estimate of drug-likeness (QED) is 0.896. The Bertz CT molecular complexity index is 414. The molecular formula is C16H28N4. The summed E-state index contributed by atoms with van der Waals surface area (Å²) in [5.74, 6) is 0. The molecule has 2 fully saturated rings. The molecule has 20 heavy (non-hydrogen) atoms. The summed E-state index contributed by atoms with van der Waals surface area (Å²) >= 11 is 0. The van der Waals surface area contributed by atoms with E-state index >= 15 is 0 Å². The zero-order valence-electron chi connectivity index (χ0n) is 12.9. The van der Waals surface area contributed by atoms with E-state index in [1.54, 1.807) is 0 Å². The Morgan fingerprint density at radius 3 is 2.65 bits per heavy atom. The van der Waals surface area contributed by atoms with Crippen molar-refractivity contribution in [2.45, 2.75) is 70.1 Å². The van der Waals surface area contributed by atoms with Gasteiger partial charge in [-0.05, 0) is 44.7 Å². The van der Waals surface area contributed by atoms with E-state index in [0.29, 0.717) is 0 Å². The first-order valence-corrected chi connectivity index (χ1v) is 8.24. The second-order valence-corrected chi connectivity index (χ2v) is 6.48. The van der Waals surface area contributed by atoms with E-state index in [0.717, 1.165) is 24.7 Å². The van der Waals surface area contributed by atoms with Crippen LogP contribution in [0, 0.1) is 0 Å². The summed E-state index contributed by atoms with van der Waals surface area (Å²) in [7, 11) is 2.06. The van der Waals surface area contributed by atoms with Crippen LogP contribution in [0.15, 0.2) is 12.3 Å². The average Bonchev–Trinajstić information content (AvgIpc) is 2.82. The van der Waals surface area contributed by atoms with E-state index in [1.807, 2.05) is 10.9 Å². The standard InChI is InChI=1S/C16H28N4/c1-3-8-17-13-10-14-5-4-6-15(11-13)20(14)12-16-7-9-18-19(16)2/h7,9,13-15,17H,3-6,8,10-12H2,1-2H3. The molecule has 1 N–H and O–H groups in total. The van der Waals surface area contributed by atoms with Crippen molar-refractivity contribution in [3.8, 4) is 0 Å². The summed E-state index contributed by atoms with van der Waals surface area (Å²) in [6.45, 7) is 4.50. The van der Waals surface area contributed by atoms with Gasteiger partial charge in [-0.15, -0.1) is 0 Å². The second kappa shape index (κ2) is 6.27. The monoisotopic (exact) mass is 276 g/mol. The Kier molecular flexibility index (Phi) is 4.41. The highest BCUT2D eigenvalue weighted by Gasteiger charge is 2.38. The fourth-order valence-electron chi connectivity index (χ4n) is 4.00. The van der Waals surface area contributed by atoms with Crippen LogP contribution in [-0.2, 0) is 13.6 Å². The van der Waals surface area contributed by atoms with E-state index in [1.165, 1.54) is 50.8 Å². The third kappa shape index (κ3) is 2.91. The molecule has 0 spiro atoms. The number of aryl methyl sites for hydroxylation is 1. The number of rotatable bonds is 5. The maximum absolute atomic E-state index is 4.31. The molecule has 0 saturated carbocycles. The zero-order valence-corrected chi connectivity index (χ0v) is 12.9. The highest BCUT2D eigenvalue weighted by molar-refractivity contribution is 5.03. The Hall–Kier alpha value is -0.870. The van der Waals surface area contributed by atoms with Crippen LogP contribution in [0.5, 0.6) is 0 Å². The van der Waals surface area contributed by atoms with Gasteiger partial charge in [0.15, 0.2) is 0 Å². The van der Waals surface area contributed by atoms with Crippen LogP contribution in [0.25, 0.3) is 0 Å². The van der Waals surface area contributed by atoms with Gasteiger partial charge in [0.1, 0.15) is 0 Å². The van der Waals surface area contributed by atoms with Crippen LogP contribution in [0.2, 0.25) is 0 Å². The lowest BCUT2D eigenvalue weighted by Crippen LogP contribution is -2.55. The minimum atomic E-state index is 0.744. The fourth-order valence-corrected chi connectivity index (χ4v) is 4.00. The first kappa shape index (κ1) is 14.1. The molecule has 3 heterocycles. The third-order valence-corrected chi connectivity index (χ3v) is 5.08. The minimum absolute atomic E-state index is 0.744. The average molecular weight is 276 g/mol. The van der Waals surface area contributed by atoms with E-state index in [4.69, 9.17) is 0 Å². The van der Waals surface area contributed by atoms with Gasteiger partial charge in [-0.1, -0.05) is 13.3 Å². The number of hydrogen-bond acceptors (Lipinski definition) is 3. The molecule has 4 heteroatoms.